The Morgan fingerprint density at radius 2 is 1.79 bits per heavy atom. The van der Waals surface area contributed by atoms with Crippen molar-refractivity contribution in [1.82, 2.24) is 0 Å². The van der Waals surface area contributed by atoms with Crippen LogP contribution in [0.1, 0.15) is 11.1 Å². The predicted molar refractivity (Wildman–Crippen MR) is 78.3 cm³/mol. The number of nitrogens with two attached hydrogens (primary N) is 1. The number of anilines is 2. The standard InChI is InChI=1S/C14H16N2O2S/c1-11-9-13(15)7-8-14(11)16-19(17,18)10-12-5-3-2-4-6-12/h2-9,16H,10,15H2,1H3. The molecule has 4 nitrogen and oxygen atoms in total. The van der Waals surface area contributed by atoms with Gasteiger partial charge in [-0.2, -0.15) is 0 Å². The number of aryl methyl sites for hydroxylation is 1. The summed E-state index contributed by atoms with van der Waals surface area (Å²) in [5.41, 5.74) is 8.37. The van der Waals surface area contributed by atoms with Crippen LogP contribution in [0.25, 0.3) is 0 Å². The number of nitrogens with one attached hydrogen (secondary N) is 1. The average Bonchev–Trinajstić information content (AvgIpc) is 2.33. The second-order valence-corrected chi connectivity index (χ2v) is 6.14. The molecule has 0 saturated carbocycles. The number of benzene rings is 2. The lowest BCUT2D eigenvalue weighted by Crippen LogP contribution is -2.15. The molecule has 0 bridgehead atoms. The summed E-state index contributed by atoms with van der Waals surface area (Å²) in [7, 11) is -3.41. The van der Waals surface area contributed by atoms with Crippen LogP contribution < -0.4 is 10.5 Å². The number of hydrogen-bond acceptors (Lipinski definition) is 3. The van der Waals surface area contributed by atoms with Crippen molar-refractivity contribution in [3.8, 4) is 0 Å². The van der Waals surface area contributed by atoms with E-state index in [9.17, 15) is 8.42 Å². The lowest BCUT2D eigenvalue weighted by molar-refractivity contribution is 0.600. The second-order valence-electron chi connectivity index (χ2n) is 4.42. The van der Waals surface area contributed by atoms with Gasteiger partial charge < -0.3 is 5.73 Å². The zero-order valence-corrected chi connectivity index (χ0v) is 11.4. The van der Waals surface area contributed by atoms with Crippen LogP contribution in [0, 0.1) is 6.92 Å². The summed E-state index contributed by atoms with van der Waals surface area (Å²) < 4.78 is 26.7. The number of hydrogen-bond donors (Lipinski definition) is 2. The minimum Gasteiger partial charge on any atom is -0.399 e. The van der Waals surface area contributed by atoms with Crippen LogP contribution in [0.5, 0.6) is 0 Å². The first-order valence-electron chi connectivity index (χ1n) is 5.87. The van der Waals surface area contributed by atoms with E-state index in [2.05, 4.69) is 4.72 Å². The average molecular weight is 276 g/mol. The first-order chi connectivity index (χ1) is 8.96. The predicted octanol–water partition coefficient (Wildman–Crippen LogP) is 2.52. The van der Waals surface area contributed by atoms with Crippen LogP contribution >= 0.6 is 0 Å². The Hall–Kier alpha value is -2.01. The van der Waals surface area contributed by atoms with Crippen molar-refractivity contribution < 1.29 is 8.42 Å². The minimum atomic E-state index is -3.41. The Morgan fingerprint density at radius 1 is 1.11 bits per heavy atom. The normalized spacial score (nSPS) is 11.2. The molecule has 0 aliphatic heterocycles. The fourth-order valence-corrected chi connectivity index (χ4v) is 3.07. The van der Waals surface area contributed by atoms with Crippen LogP contribution in [-0.2, 0) is 15.8 Å². The fraction of sp³-hybridized carbons (Fsp3) is 0.143. The van der Waals surface area contributed by atoms with Crippen molar-refractivity contribution in [1.29, 1.82) is 0 Å². The molecule has 100 valence electrons. The highest BCUT2D eigenvalue weighted by molar-refractivity contribution is 7.91. The van der Waals surface area contributed by atoms with Gasteiger partial charge in [0.15, 0.2) is 0 Å². The maximum absolute atomic E-state index is 12.1. The summed E-state index contributed by atoms with van der Waals surface area (Å²) in [5, 5.41) is 0. The maximum Gasteiger partial charge on any atom is 0.236 e. The van der Waals surface area contributed by atoms with E-state index in [-0.39, 0.29) is 5.75 Å². The Kier molecular flexibility index (Phi) is 3.76. The summed E-state index contributed by atoms with van der Waals surface area (Å²) in [5.74, 6) is -0.0440. The van der Waals surface area contributed by atoms with E-state index in [0.29, 0.717) is 11.4 Å². The van der Waals surface area contributed by atoms with Crippen LogP contribution in [0.4, 0.5) is 11.4 Å². The highest BCUT2D eigenvalue weighted by Crippen LogP contribution is 2.20. The smallest absolute Gasteiger partial charge is 0.236 e. The van der Waals surface area contributed by atoms with Gasteiger partial charge in [-0.3, -0.25) is 4.72 Å². The molecule has 0 heterocycles. The Labute approximate surface area is 113 Å². The molecule has 0 fully saturated rings. The maximum atomic E-state index is 12.1. The highest BCUT2D eigenvalue weighted by atomic mass is 32.2. The van der Waals surface area contributed by atoms with E-state index in [1.54, 1.807) is 30.3 Å². The molecule has 0 aliphatic carbocycles. The largest absolute Gasteiger partial charge is 0.399 e. The first kappa shape index (κ1) is 13.4. The monoisotopic (exact) mass is 276 g/mol. The third kappa shape index (κ3) is 3.72. The molecule has 19 heavy (non-hydrogen) atoms. The van der Waals surface area contributed by atoms with Gasteiger partial charge in [-0.1, -0.05) is 30.3 Å². The zero-order chi connectivity index (χ0) is 13.9. The summed E-state index contributed by atoms with van der Waals surface area (Å²) in [6, 6.07) is 14.2. The lowest BCUT2D eigenvalue weighted by Gasteiger charge is -2.11. The van der Waals surface area contributed by atoms with Gasteiger partial charge in [0.1, 0.15) is 0 Å². The molecule has 0 saturated heterocycles. The van der Waals surface area contributed by atoms with Gasteiger partial charge in [0.05, 0.1) is 11.4 Å². The number of sulfonamides is 1. The van der Waals surface area contributed by atoms with Gasteiger partial charge in [-0.15, -0.1) is 0 Å². The molecule has 2 aromatic carbocycles. The topological polar surface area (TPSA) is 72.2 Å². The quantitative estimate of drug-likeness (QED) is 0.843. The van der Waals surface area contributed by atoms with Crippen LogP contribution in [0.15, 0.2) is 48.5 Å². The molecule has 0 radical (unpaired) electrons. The molecule has 0 spiro atoms. The Bertz CT molecular complexity index is 667. The van der Waals surface area contributed by atoms with Gasteiger partial charge in [0.2, 0.25) is 10.0 Å². The van der Waals surface area contributed by atoms with E-state index in [1.807, 2.05) is 25.1 Å². The molecule has 2 aromatic rings. The van der Waals surface area contributed by atoms with Crippen LogP contribution in [0.2, 0.25) is 0 Å². The van der Waals surface area contributed by atoms with Crippen LogP contribution in [-0.4, -0.2) is 8.42 Å². The SMILES string of the molecule is Cc1cc(N)ccc1NS(=O)(=O)Cc1ccccc1. The second kappa shape index (κ2) is 5.32. The van der Waals surface area contributed by atoms with Gasteiger partial charge >= 0.3 is 0 Å². The van der Waals surface area contributed by atoms with Gasteiger partial charge in [-0.05, 0) is 36.2 Å². The van der Waals surface area contributed by atoms with E-state index in [0.717, 1.165) is 11.1 Å². The molecule has 2 rings (SSSR count). The first-order valence-corrected chi connectivity index (χ1v) is 7.52. The highest BCUT2D eigenvalue weighted by Gasteiger charge is 2.12. The Balaban J connectivity index is 2.17. The summed E-state index contributed by atoms with van der Waals surface area (Å²) in [6.07, 6.45) is 0. The summed E-state index contributed by atoms with van der Waals surface area (Å²) in [4.78, 5) is 0. The van der Waals surface area contributed by atoms with Gasteiger partial charge in [-0.25, -0.2) is 8.42 Å². The summed E-state index contributed by atoms with van der Waals surface area (Å²) in [6.45, 7) is 1.82. The lowest BCUT2D eigenvalue weighted by atomic mass is 10.2. The van der Waals surface area contributed by atoms with Crippen molar-refractivity contribution in [2.75, 3.05) is 10.5 Å². The fourth-order valence-electron chi connectivity index (χ4n) is 1.80. The molecule has 0 unspecified atom stereocenters. The summed E-state index contributed by atoms with van der Waals surface area (Å²) >= 11 is 0. The van der Waals surface area contributed by atoms with Gasteiger partial charge in [0, 0.05) is 5.69 Å². The van der Waals surface area contributed by atoms with Gasteiger partial charge in [0.25, 0.3) is 0 Å². The number of nitrogen functional groups attached to an aromatic ring is 1. The van der Waals surface area contributed by atoms with Crippen molar-refractivity contribution in [2.45, 2.75) is 12.7 Å². The molecule has 0 atom stereocenters. The van der Waals surface area contributed by atoms with Crippen molar-refractivity contribution >= 4 is 21.4 Å². The molecular weight excluding hydrogens is 260 g/mol. The molecular formula is C14H16N2O2S. The van der Waals surface area contributed by atoms with E-state index in [1.165, 1.54) is 0 Å². The van der Waals surface area contributed by atoms with Crippen molar-refractivity contribution in [3.05, 3.63) is 59.7 Å². The van der Waals surface area contributed by atoms with E-state index < -0.39 is 10.0 Å². The third-order valence-corrected chi connectivity index (χ3v) is 3.96. The molecule has 3 N–H and O–H groups in total. The molecule has 5 heteroatoms. The Morgan fingerprint density at radius 3 is 2.42 bits per heavy atom. The van der Waals surface area contributed by atoms with Crippen LogP contribution in [0.3, 0.4) is 0 Å². The third-order valence-electron chi connectivity index (χ3n) is 2.72. The number of rotatable bonds is 4. The zero-order valence-electron chi connectivity index (χ0n) is 10.6. The minimum absolute atomic E-state index is 0.0440. The van der Waals surface area contributed by atoms with Crippen molar-refractivity contribution in [3.63, 3.8) is 0 Å². The van der Waals surface area contributed by atoms with E-state index in [4.69, 9.17) is 5.73 Å². The van der Waals surface area contributed by atoms with Crippen molar-refractivity contribution in [2.24, 2.45) is 0 Å². The molecule has 0 aromatic heterocycles. The van der Waals surface area contributed by atoms with E-state index >= 15 is 0 Å². The molecule has 0 amide bonds. The molecule has 0 aliphatic rings.